The van der Waals surface area contributed by atoms with E-state index in [4.69, 9.17) is 0 Å². The highest BCUT2D eigenvalue weighted by Gasteiger charge is 2.13. The first-order valence-corrected chi connectivity index (χ1v) is 7.22. The van der Waals surface area contributed by atoms with E-state index < -0.39 is 22.7 Å². The van der Waals surface area contributed by atoms with Crippen molar-refractivity contribution in [2.75, 3.05) is 13.1 Å². The molecule has 5 nitrogen and oxygen atoms in total. The van der Waals surface area contributed by atoms with E-state index in [0.717, 1.165) is 6.07 Å². The Morgan fingerprint density at radius 1 is 1.24 bits per heavy atom. The quantitative estimate of drug-likeness (QED) is 0.443. The van der Waals surface area contributed by atoms with E-state index in [1.807, 2.05) is 0 Å². The van der Waals surface area contributed by atoms with Crippen molar-refractivity contribution in [3.63, 3.8) is 0 Å². The summed E-state index contributed by atoms with van der Waals surface area (Å²) in [6, 6.07) is 9.30. The number of benzene rings is 2. The van der Waals surface area contributed by atoms with Crippen molar-refractivity contribution in [2.24, 2.45) is 0 Å². The molecule has 0 aliphatic rings. The van der Waals surface area contributed by atoms with Gasteiger partial charge >= 0.3 is 0 Å². The van der Waals surface area contributed by atoms with Crippen LogP contribution >= 0.6 is 12.4 Å². The van der Waals surface area contributed by atoms with Crippen LogP contribution in [0, 0.1) is 21.7 Å². The van der Waals surface area contributed by atoms with E-state index in [1.165, 1.54) is 12.1 Å². The fourth-order valence-corrected chi connectivity index (χ4v) is 2.17. The maximum Gasteiger partial charge on any atom is 0.276 e. The van der Waals surface area contributed by atoms with Crippen molar-refractivity contribution < 1.29 is 18.8 Å². The average Bonchev–Trinajstić information content (AvgIpc) is 2.54. The molecule has 134 valence electrons. The molecule has 1 atom stereocenters. The highest BCUT2D eigenvalue weighted by Crippen LogP contribution is 2.19. The molecule has 2 rings (SSSR count). The Labute approximate surface area is 149 Å². The van der Waals surface area contributed by atoms with E-state index in [1.54, 1.807) is 30.4 Å². The first-order valence-electron chi connectivity index (χ1n) is 7.22. The van der Waals surface area contributed by atoms with Crippen molar-refractivity contribution in [2.45, 2.75) is 6.10 Å². The summed E-state index contributed by atoms with van der Waals surface area (Å²) in [5, 5.41) is 23.6. The van der Waals surface area contributed by atoms with Crippen LogP contribution < -0.4 is 5.32 Å². The Morgan fingerprint density at radius 2 is 1.96 bits per heavy atom. The molecule has 0 bridgehead atoms. The molecule has 2 aromatic carbocycles. The van der Waals surface area contributed by atoms with Crippen molar-refractivity contribution in [1.82, 2.24) is 5.32 Å². The Kier molecular flexibility index (Phi) is 8.13. The number of nitrogens with zero attached hydrogens (tertiary/aromatic N) is 1. The number of rotatable bonds is 7. The highest BCUT2D eigenvalue weighted by molar-refractivity contribution is 5.85. The van der Waals surface area contributed by atoms with Gasteiger partial charge in [-0.25, -0.2) is 8.78 Å². The van der Waals surface area contributed by atoms with Crippen LogP contribution in [0.2, 0.25) is 0 Å². The van der Waals surface area contributed by atoms with Crippen LogP contribution in [-0.2, 0) is 0 Å². The van der Waals surface area contributed by atoms with Crippen LogP contribution in [0.5, 0.6) is 0 Å². The monoisotopic (exact) mass is 370 g/mol. The van der Waals surface area contributed by atoms with Gasteiger partial charge in [0.05, 0.1) is 16.6 Å². The SMILES string of the molecule is Cl.O=[N+]([O-])c1ccccc1/C=C/CNCC(O)c1ccc(F)cc1F. The molecule has 0 spiro atoms. The van der Waals surface area contributed by atoms with Gasteiger partial charge in [-0.1, -0.05) is 30.4 Å². The molecular formula is C17H17ClF2N2O3. The molecule has 0 amide bonds. The van der Waals surface area contributed by atoms with Crippen molar-refractivity contribution >= 4 is 24.2 Å². The predicted molar refractivity (Wildman–Crippen MR) is 93.6 cm³/mol. The van der Waals surface area contributed by atoms with Crippen molar-refractivity contribution in [3.05, 3.63) is 81.4 Å². The Hall–Kier alpha value is -2.35. The molecule has 0 aliphatic carbocycles. The number of hydrogen-bond acceptors (Lipinski definition) is 4. The standard InChI is InChI=1S/C17H16F2N2O3.ClH/c18-13-7-8-14(15(19)10-13)17(22)11-20-9-3-5-12-4-1-2-6-16(12)21(23)24;/h1-8,10,17,20,22H,9,11H2;1H/b5-3+;. The largest absolute Gasteiger partial charge is 0.387 e. The van der Waals surface area contributed by atoms with Gasteiger partial charge in [-0.05, 0) is 12.1 Å². The molecule has 0 aromatic heterocycles. The maximum atomic E-state index is 13.5. The lowest BCUT2D eigenvalue weighted by Crippen LogP contribution is -2.22. The van der Waals surface area contributed by atoms with E-state index in [2.05, 4.69) is 5.32 Å². The number of nitro groups is 1. The molecule has 2 N–H and O–H groups in total. The van der Waals surface area contributed by atoms with E-state index >= 15 is 0 Å². The summed E-state index contributed by atoms with van der Waals surface area (Å²) in [5.41, 5.74) is 0.475. The molecule has 0 aliphatic heterocycles. The summed E-state index contributed by atoms with van der Waals surface area (Å²) in [5.74, 6) is -1.51. The summed E-state index contributed by atoms with van der Waals surface area (Å²) in [6.45, 7) is 0.385. The number of nitrogens with one attached hydrogen (secondary N) is 1. The first kappa shape index (κ1) is 20.7. The minimum atomic E-state index is -1.12. The molecule has 0 saturated carbocycles. The third-order valence-corrected chi connectivity index (χ3v) is 3.35. The minimum absolute atomic E-state index is 0. The number of halogens is 3. The molecule has 0 saturated heterocycles. The smallest absolute Gasteiger partial charge is 0.276 e. The molecule has 0 radical (unpaired) electrons. The number of nitro benzene ring substituents is 1. The summed E-state index contributed by atoms with van der Waals surface area (Å²) in [4.78, 5) is 10.4. The van der Waals surface area contributed by atoms with E-state index in [9.17, 15) is 24.0 Å². The van der Waals surface area contributed by atoms with Gasteiger partial charge in [0.2, 0.25) is 0 Å². The normalized spacial score (nSPS) is 12.0. The number of aliphatic hydroxyl groups excluding tert-OH is 1. The Morgan fingerprint density at radius 3 is 2.64 bits per heavy atom. The van der Waals surface area contributed by atoms with Gasteiger partial charge in [0.1, 0.15) is 11.6 Å². The van der Waals surface area contributed by atoms with Crippen LogP contribution in [0.15, 0.2) is 48.5 Å². The third kappa shape index (κ3) is 5.90. The molecule has 8 heteroatoms. The second-order valence-corrected chi connectivity index (χ2v) is 5.06. The van der Waals surface area contributed by atoms with Crippen LogP contribution in [0.3, 0.4) is 0 Å². The van der Waals surface area contributed by atoms with Crippen molar-refractivity contribution in [1.29, 1.82) is 0 Å². The third-order valence-electron chi connectivity index (χ3n) is 3.35. The fraction of sp³-hybridized carbons (Fsp3) is 0.176. The zero-order chi connectivity index (χ0) is 17.5. The lowest BCUT2D eigenvalue weighted by atomic mass is 10.1. The van der Waals surface area contributed by atoms with Crippen LogP contribution in [0.1, 0.15) is 17.2 Å². The van der Waals surface area contributed by atoms with Crippen molar-refractivity contribution in [3.8, 4) is 0 Å². The zero-order valence-corrected chi connectivity index (χ0v) is 13.9. The van der Waals surface area contributed by atoms with Gasteiger partial charge in [0.25, 0.3) is 5.69 Å². The van der Waals surface area contributed by atoms with E-state index in [-0.39, 0.29) is 30.2 Å². The summed E-state index contributed by atoms with van der Waals surface area (Å²) in [6.07, 6.45) is 2.14. The summed E-state index contributed by atoms with van der Waals surface area (Å²) in [7, 11) is 0. The van der Waals surface area contributed by atoms with Gasteiger partial charge in [0, 0.05) is 30.8 Å². The predicted octanol–water partition coefficient (Wildman–Crippen LogP) is 3.63. The second-order valence-electron chi connectivity index (χ2n) is 5.06. The first-order chi connectivity index (χ1) is 11.5. The zero-order valence-electron chi connectivity index (χ0n) is 13.1. The molecule has 25 heavy (non-hydrogen) atoms. The fourth-order valence-electron chi connectivity index (χ4n) is 2.17. The topological polar surface area (TPSA) is 75.4 Å². The number of para-hydroxylation sites is 1. The van der Waals surface area contributed by atoms with Gasteiger partial charge in [0.15, 0.2) is 0 Å². The molecule has 1 unspecified atom stereocenters. The summed E-state index contributed by atoms with van der Waals surface area (Å²) < 4.78 is 26.3. The lowest BCUT2D eigenvalue weighted by Gasteiger charge is -2.12. The highest BCUT2D eigenvalue weighted by atomic mass is 35.5. The molecular weight excluding hydrogens is 354 g/mol. The Balaban J connectivity index is 0.00000312. The maximum absolute atomic E-state index is 13.5. The molecule has 0 fully saturated rings. The minimum Gasteiger partial charge on any atom is -0.387 e. The van der Waals surface area contributed by atoms with Crippen LogP contribution in [0.4, 0.5) is 14.5 Å². The van der Waals surface area contributed by atoms with Gasteiger partial charge in [-0.2, -0.15) is 0 Å². The van der Waals surface area contributed by atoms with Crippen LogP contribution in [-0.4, -0.2) is 23.1 Å². The summed E-state index contributed by atoms with van der Waals surface area (Å²) >= 11 is 0. The molecule has 0 heterocycles. The second kappa shape index (κ2) is 9.83. The van der Waals surface area contributed by atoms with Gasteiger partial charge in [-0.15, -0.1) is 12.4 Å². The number of aliphatic hydroxyl groups is 1. The van der Waals surface area contributed by atoms with Gasteiger partial charge in [-0.3, -0.25) is 10.1 Å². The van der Waals surface area contributed by atoms with Crippen LogP contribution in [0.25, 0.3) is 6.08 Å². The average molecular weight is 371 g/mol. The lowest BCUT2D eigenvalue weighted by molar-refractivity contribution is -0.385. The Bertz CT molecular complexity index is 756. The van der Waals surface area contributed by atoms with E-state index in [0.29, 0.717) is 18.2 Å². The van der Waals surface area contributed by atoms with Gasteiger partial charge < -0.3 is 10.4 Å². The molecule has 2 aromatic rings. The number of hydrogen-bond donors (Lipinski definition) is 2.